The first-order valence-electron chi connectivity index (χ1n) is 6.44. The topological polar surface area (TPSA) is 24.5 Å². The van der Waals surface area contributed by atoms with Crippen molar-refractivity contribution in [3.8, 4) is 5.75 Å². The largest absolute Gasteiger partial charge is 0.494 e. The van der Waals surface area contributed by atoms with Crippen molar-refractivity contribution in [2.75, 3.05) is 40.3 Å². The van der Waals surface area contributed by atoms with E-state index >= 15 is 0 Å². The average molecular weight is 271 g/mol. The molecule has 102 valence electrons. The number of nitrogens with zero attached hydrogens (tertiary/aromatic N) is 1. The van der Waals surface area contributed by atoms with Gasteiger partial charge in [0.05, 0.1) is 6.61 Å². The van der Waals surface area contributed by atoms with Crippen molar-refractivity contribution >= 4 is 11.6 Å². The van der Waals surface area contributed by atoms with Crippen molar-refractivity contribution in [1.82, 2.24) is 10.2 Å². The lowest BCUT2D eigenvalue weighted by Crippen LogP contribution is -2.24. The highest BCUT2D eigenvalue weighted by Gasteiger charge is 1.98. The first-order chi connectivity index (χ1) is 8.72. The van der Waals surface area contributed by atoms with Crippen molar-refractivity contribution in [2.24, 2.45) is 0 Å². The van der Waals surface area contributed by atoms with E-state index in [0.29, 0.717) is 0 Å². The van der Waals surface area contributed by atoms with Crippen LogP contribution in [0.1, 0.15) is 12.8 Å². The van der Waals surface area contributed by atoms with Crippen LogP contribution in [0.15, 0.2) is 24.3 Å². The molecule has 18 heavy (non-hydrogen) atoms. The average Bonchev–Trinajstić information content (AvgIpc) is 2.37. The van der Waals surface area contributed by atoms with Crippen LogP contribution in [0.3, 0.4) is 0 Å². The molecule has 0 aliphatic rings. The van der Waals surface area contributed by atoms with E-state index < -0.39 is 0 Å². The third-order valence-corrected chi connectivity index (χ3v) is 2.99. The van der Waals surface area contributed by atoms with Crippen LogP contribution >= 0.6 is 11.6 Å². The molecule has 0 spiro atoms. The van der Waals surface area contributed by atoms with Crippen LogP contribution in [0.5, 0.6) is 5.75 Å². The van der Waals surface area contributed by atoms with E-state index in [2.05, 4.69) is 17.3 Å². The highest BCUT2D eigenvalue weighted by molar-refractivity contribution is 6.30. The minimum absolute atomic E-state index is 0.742. The van der Waals surface area contributed by atoms with Crippen LogP contribution < -0.4 is 10.1 Å². The van der Waals surface area contributed by atoms with E-state index in [4.69, 9.17) is 16.3 Å². The Labute approximate surface area is 115 Å². The van der Waals surface area contributed by atoms with Crippen molar-refractivity contribution in [1.29, 1.82) is 0 Å². The highest BCUT2D eigenvalue weighted by atomic mass is 35.5. The molecule has 1 N–H and O–H groups in total. The van der Waals surface area contributed by atoms with Crippen LogP contribution in [-0.2, 0) is 0 Å². The molecule has 0 amide bonds. The SMILES string of the molecule is CNCCCN(C)CCCOc1ccc(Cl)cc1. The van der Waals surface area contributed by atoms with Gasteiger partial charge >= 0.3 is 0 Å². The molecule has 1 rings (SSSR count). The van der Waals surface area contributed by atoms with E-state index in [0.717, 1.165) is 43.4 Å². The smallest absolute Gasteiger partial charge is 0.119 e. The van der Waals surface area contributed by atoms with Gasteiger partial charge in [-0.3, -0.25) is 0 Å². The van der Waals surface area contributed by atoms with E-state index in [-0.39, 0.29) is 0 Å². The summed E-state index contributed by atoms with van der Waals surface area (Å²) in [6.07, 6.45) is 2.23. The number of halogens is 1. The van der Waals surface area contributed by atoms with E-state index in [9.17, 15) is 0 Å². The van der Waals surface area contributed by atoms with Gasteiger partial charge in [-0.25, -0.2) is 0 Å². The fraction of sp³-hybridized carbons (Fsp3) is 0.571. The number of ether oxygens (including phenoxy) is 1. The third kappa shape index (κ3) is 6.84. The van der Waals surface area contributed by atoms with Gasteiger partial charge in [0, 0.05) is 11.6 Å². The zero-order valence-corrected chi connectivity index (χ0v) is 12.0. The van der Waals surface area contributed by atoms with Crippen molar-refractivity contribution in [3.63, 3.8) is 0 Å². The van der Waals surface area contributed by atoms with Gasteiger partial charge < -0.3 is 15.0 Å². The van der Waals surface area contributed by atoms with Crippen LogP contribution in [0, 0.1) is 0 Å². The summed E-state index contributed by atoms with van der Waals surface area (Å²) in [6, 6.07) is 7.50. The molecule has 1 aromatic carbocycles. The maximum Gasteiger partial charge on any atom is 0.119 e. The molecule has 0 bridgehead atoms. The lowest BCUT2D eigenvalue weighted by molar-refractivity contribution is 0.261. The van der Waals surface area contributed by atoms with E-state index in [1.54, 1.807) is 0 Å². The molecule has 0 saturated heterocycles. The Kier molecular flexibility index (Phi) is 7.81. The standard InChI is InChI=1S/C14H23ClN2O/c1-16-9-3-10-17(2)11-4-12-18-14-7-5-13(15)6-8-14/h5-8,16H,3-4,9-12H2,1-2H3. The molecule has 4 heteroatoms. The monoisotopic (exact) mass is 270 g/mol. The Morgan fingerprint density at radius 3 is 2.50 bits per heavy atom. The van der Waals surface area contributed by atoms with Crippen LogP contribution in [0.25, 0.3) is 0 Å². The normalized spacial score (nSPS) is 10.9. The van der Waals surface area contributed by atoms with E-state index in [1.807, 2.05) is 31.3 Å². The first-order valence-corrected chi connectivity index (χ1v) is 6.81. The molecule has 0 fully saturated rings. The Bertz CT molecular complexity index is 316. The second-order valence-electron chi connectivity index (χ2n) is 4.42. The summed E-state index contributed by atoms with van der Waals surface area (Å²) < 4.78 is 5.64. The number of benzene rings is 1. The second-order valence-corrected chi connectivity index (χ2v) is 4.85. The fourth-order valence-electron chi connectivity index (χ4n) is 1.69. The molecule has 0 aromatic heterocycles. The lowest BCUT2D eigenvalue weighted by Gasteiger charge is -2.16. The summed E-state index contributed by atoms with van der Waals surface area (Å²) in [5, 5.41) is 3.90. The summed E-state index contributed by atoms with van der Waals surface area (Å²) in [7, 11) is 4.14. The Morgan fingerprint density at radius 2 is 1.83 bits per heavy atom. The molecule has 0 heterocycles. The summed E-state index contributed by atoms with van der Waals surface area (Å²) in [4.78, 5) is 2.34. The van der Waals surface area contributed by atoms with Crippen molar-refractivity contribution < 1.29 is 4.74 Å². The molecule has 1 aromatic rings. The molecule has 0 aliphatic heterocycles. The van der Waals surface area contributed by atoms with Gasteiger partial charge in [0.15, 0.2) is 0 Å². The molecule has 0 unspecified atom stereocenters. The number of rotatable bonds is 9. The van der Waals surface area contributed by atoms with Gasteiger partial charge in [-0.15, -0.1) is 0 Å². The second kappa shape index (κ2) is 9.20. The van der Waals surface area contributed by atoms with Gasteiger partial charge in [0.25, 0.3) is 0 Å². The lowest BCUT2D eigenvalue weighted by atomic mass is 10.3. The summed E-state index contributed by atoms with van der Waals surface area (Å²) in [6.45, 7) is 4.02. The van der Waals surface area contributed by atoms with Crippen molar-refractivity contribution in [3.05, 3.63) is 29.3 Å². The molecule has 0 aliphatic carbocycles. The molecule has 0 radical (unpaired) electrons. The maximum atomic E-state index is 5.81. The first kappa shape index (κ1) is 15.3. The van der Waals surface area contributed by atoms with E-state index in [1.165, 1.54) is 6.42 Å². The van der Waals surface area contributed by atoms with Gasteiger partial charge in [-0.1, -0.05) is 11.6 Å². The third-order valence-electron chi connectivity index (χ3n) is 2.73. The van der Waals surface area contributed by atoms with Crippen molar-refractivity contribution in [2.45, 2.75) is 12.8 Å². The van der Waals surface area contributed by atoms with Gasteiger partial charge in [0.2, 0.25) is 0 Å². The van der Waals surface area contributed by atoms with Gasteiger partial charge in [-0.05, 0) is 64.3 Å². The molecule has 3 nitrogen and oxygen atoms in total. The fourth-order valence-corrected chi connectivity index (χ4v) is 1.82. The summed E-state index contributed by atoms with van der Waals surface area (Å²) in [5.74, 6) is 0.886. The Morgan fingerprint density at radius 1 is 1.17 bits per heavy atom. The van der Waals surface area contributed by atoms with Gasteiger partial charge in [-0.2, -0.15) is 0 Å². The van der Waals surface area contributed by atoms with Gasteiger partial charge in [0.1, 0.15) is 5.75 Å². The zero-order valence-electron chi connectivity index (χ0n) is 11.3. The molecule has 0 saturated carbocycles. The highest BCUT2D eigenvalue weighted by Crippen LogP contribution is 2.15. The quantitative estimate of drug-likeness (QED) is 0.698. The number of hydrogen-bond donors (Lipinski definition) is 1. The molecular formula is C14H23ClN2O. The molecule has 0 atom stereocenters. The summed E-state index contributed by atoms with van der Waals surface area (Å²) >= 11 is 5.81. The minimum atomic E-state index is 0.742. The van der Waals surface area contributed by atoms with Crippen LogP contribution in [0.4, 0.5) is 0 Å². The zero-order chi connectivity index (χ0) is 13.2. The maximum absolute atomic E-state index is 5.81. The Balaban J connectivity index is 2.05. The predicted molar refractivity (Wildman–Crippen MR) is 77.6 cm³/mol. The van der Waals surface area contributed by atoms with Crippen LogP contribution in [0.2, 0.25) is 5.02 Å². The predicted octanol–water partition coefficient (Wildman–Crippen LogP) is 2.65. The van der Waals surface area contributed by atoms with Crippen LogP contribution in [-0.4, -0.2) is 45.2 Å². The summed E-state index contributed by atoms with van der Waals surface area (Å²) in [5.41, 5.74) is 0. The Hall–Kier alpha value is -0.770. The number of nitrogens with one attached hydrogen (secondary N) is 1. The molecular weight excluding hydrogens is 248 g/mol. The number of hydrogen-bond acceptors (Lipinski definition) is 3. The minimum Gasteiger partial charge on any atom is -0.494 e.